The lowest BCUT2D eigenvalue weighted by Crippen LogP contribution is -2.46. The second kappa shape index (κ2) is 7.20. The molecule has 0 aliphatic heterocycles. The molecule has 0 aliphatic rings. The van der Waals surface area contributed by atoms with E-state index < -0.39 is 0 Å². The van der Waals surface area contributed by atoms with Gasteiger partial charge in [0, 0.05) is 12.1 Å². The van der Waals surface area contributed by atoms with Crippen molar-refractivity contribution in [1.82, 2.24) is 10.2 Å². The summed E-state index contributed by atoms with van der Waals surface area (Å²) in [6.07, 6.45) is 0.987. The van der Waals surface area contributed by atoms with Crippen molar-refractivity contribution in [2.75, 3.05) is 33.3 Å². The Morgan fingerprint density at radius 3 is 2.33 bits per heavy atom. The fourth-order valence-electron chi connectivity index (χ4n) is 1.58. The number of hydrogen-bond donors (Lipinski definition) is 2. The lowest BCUT2D eigenvalue weighted by molar-refractivity contribution is 0.149. The zero-order valence-corrected chi connectivity index (χ0v) is 11.0. The first-order valence-electron chi connectivity index (χ1n) is 5.99. The van der Waals surface area contributed by atoms with E-state index in [-0.39, 0.29) is 12.1 Å². The zero-order valence-electron chi connectivity index (χ0n) is 11.0. The van der Waals surface area contributed by atoms with Crippen LogP contribution in [0.4, 0.5) is 0 Å². The first-order chi connectivity index (χ1) is 6.97. The van der Waals surface area contributed by atoms with Gasteiger partial charge in [-0.3, -0.25) is 0 Å². The van der Waals surface area contributed by atoms with Crippen molar-refractivity contribution in [2.45, 2.75) is 39.7 Å². The van der Waals surface area contributed by atoms with Gasteiger partial charge in [0.05, 0.1) is 6.61 Å². The molecule has 0 saturated carbocycles. The van der Waals surface area contributed by atoms with E-state index in [2.05, 4.69) is 37.9 Å². The van der Waals surface area contributed by atoms with E-state index in [9.17, 15) is 5.11 Å². The third-order valence-electron chi connectivity index (χ3n) is 3.00. The molecule has 0 fully saturated rings. The van der Waals surface area contributed by atoms with Crippen molar-refractivity contribution in [1.29, 1.82) is 0 Å². The van der Waals surface area contributed by atoms with Crippen LogP contribution in [-0.4, -0.2) is 48.8 Å². The molecule has 0 saturated heterocycles. The van der Waals surface area contributed by atoms with Crippen molar-refractivity contribution in [3.63, 3.8) is 0 Å². The highest BCUT2D eigenvalue weighted by Crippen LogP contribution is 2.10. The summed E-state index contributed by atoms with van der Waals surface area (Å²) in [5.41, 5.74) is -0.135. The van der Waals surface area contributed by atoms with Crippen molar-refractivity contribution < 1.29 is 5.11 Å². The van der Waals surface area contributed by atoms with Crippen LogP contribution in [0.15, 0.2) is 0 Å². The maximum atomic E-state index is 9.27. The van der Waals surface area contributed by atoms with E-state index in [1.54, 1.807) is 0 Å². The molecule has 0 spiro atoms. The number of nitrogens with zero attached hydrogens (tertiary/aromatic N) is 1. The number of rotatable bonds is 8. The minimum Gasteiger partial charge on any atom is -0.394 e. The van der Waals surface area contributed by atoms with Crippen LogP contribution in [-0.2, 0) is 0 Å². The van der Waals surface area contributed by atoms with Gasteiger partial charge >= 0.3 is 0 Å². The summed E-state index contributed by atoms with van der Waals surface area (Å²) in [4.78, 5) is 2.44. The fraction of sp³-hybridized carbons (Fsp3) is 1.00. The summed E-state index contributed by atoms with van der Waals surface area (Å²) in [5, 5.41) is 12.5. The molecular weight excluding hydrogens is 188 g/mol. The van der Waals surface area contributed by atoms with Crippen LogP contribution in [0.25, 0.3) is 0 Å². The van der Waals surface area contributed by atoms with Crippen molar-refractivity contribution in [3.05, 3.63) is 0 Å². The van der Waals surface area contributed by atoms with Gasteiger partial charge in [0.15, 0.2) is 0 Å². The average Bonchev–Trinajstić information content (AvgIpc) is 2.23. The topological polar surface area (TPSA) is 35.5 Å². The van der Waals surface area contributed by atoms with E-state index in [4.69, 9.17) is 0 Å². The van der Waals surface area contributed by atoms with E-state index in [1.807, 2.05) is 7.05 Å². The molecule has 92 valence electrons. The molecule has 1 atom stereocenters. The van der Waals surface area contributed by atoms with Gasteiger partial charge in [0.2, 0.25) is 0 Å². The Morgan fingerprint density at radius 2 is 2.00 bits per heavy atom. The highest BCUT2D eigenvalue weighted by atomic mass is 16.3. The second-order valence-corrected chi connectivity index (χ2v) is 5.01. The van der Waals surface area contributed by atoms with Crippen LogP contribution < -0.4 is 5.32 Å². The first-order valence-corrected chi connectivity index (χ1v) is 5.99. The quantitative estimate of drug-likeness (QED) is 0.642. The smallest absolute Gasteiger partial charge is 0.0610 e. The molecule has 0 heterocycles. The molecule has 2 N–H and O–H groups in total. The van der Waals surface area contributed by atoms with Gasteiger partial charge in [-0.25, -0.2) is 0 Å². The lowest BCUT2D eigenvalue weighted by atomic mass is 9.99. The predicted octanol–water partition coefficient (Wildman–Crippen LogP) is 1.32. The maximum absolute atomic E-state index is 9.27. The molecule has 0 bridgehead atoms. The highest BCUT2D eigenvalue weighted by molar-refractivity contribution is 4.81. The van der Waals surface area contributed by atoms with Gasteiger partial charge in [0.1, 0.15) is 0 Å². The molecule has 0 radical (unpaired) electrons. The molecular formula is C12H28N2O. The van der Waals surface area contributed by atoms with E-state index in [0.717, 1.165) is 26.1 Å². The molecule has 0 amide bonds. The van der Waals surface area contributed by atoms with E-state index in [0.29, 0.717) is 5.92 Å². The van der Waals surface area contributed by atoms with Crippen LogP contribution >= 0.6 is 0 Å². The molecule has 0 aromatic heterocycles. The molecule has 3 heteroatoms. The van der Waals surface area contributed by atoms with Crippen LogP contribution in [0.3, 0.4) is 0 Å². The second-order valence-electron chi connectivity index (χ2n) is 5.01. The van der Waals surface area contributed by atoms with Crippen molar-refractivity contribution >= 4 is 0 Å². The minimum atomic E-state index is -0.135. The van der Waals surface area contributed by atoms with Gasteiger partial charge in [-0.1, -0.05) is 20.8 Å². The number of likely N-dealkylation sites (N-methyl/N-ethyl adjacent to an activating group) is 1. The summed E-state index contributed by atoms with van der Waals surface area (Å²) < 4.78 is 0. The zero-order chi connectivity index (χ0) is 11.9. The Hall–Kier alpha value is -0.120. The normalized spacial score (nSPS) is 16.0. The number of hydrogen-bond acceptors (Lipinski definition) is 3. The summed E-state index contributed by atoms with van der Waals surface area (Å²) in [6.45, 7) is 12.2. The summed E-state index contributed by atoms with van der Waals surface area (Å²) in [5.74, 6) is 0.708. The molecule has 0 aromatic carbocycles. The Morgan fingerprint density at radius 1 is 1.40 bits per heavy atom. The van der Waals surface area contributed by atoms with Gasteiger partial charge in [-0.2, -0.15) is 0 Å². The number of aliphatic hydroxyl groups is 1. The third kappa shape index (κ3) is 6.13. The number of aliphatic hydroxyl groups excluding tert-OH is 1. The van der Waals surface area contributed by atoms with Crippen LogP contribution in [0, 0.1) is 5.92 Å². The first kappa shape index (κ1) is 14.9. The average molecular weight is 216 g/mol. The maximum Gasteiger partial charge on any atom is 0.0610 e. The van der Waals surface area contributed by atoms with Crippen molar-refractivity contribution in [3.8, 4) is 0 Å². The highest BCUT2D eigenvalue weighted by Gasteiger charge is 2.21. The van der Waals surface area contributed by atoms with Crippen molar-refractivity contribution in [2.24, 2.45) is 5.92 Å². The van der Waals surface area contributed by atoms with Gasteiger partial charge < -0.3 is 15.3 Å². The summed E-state index contributed by atoms with van der Waals surface area (Å²) >= 11 is 0. The Bertz CT molecular complexity index is 156. The van der Waals surface area contributed by atoms with Gasteiger partial charge in [-0.05, 0) is 39.4 Å². The van der Waals surface area contributed by atoms with Gasteiger partial charge in [-0.15, -0.1) is 0 Å². The van der Waals surface area contributed by atoms with Crippen LogP contribution in [0.1, 0.15) is 34.1 Å². The molecule has 3 nitrogen and oxygen atoms in total. The predicted molar refractivity (Wildman–Crippen MR) is 66.1 cm³/mol. The summed E-state index contributed by atoms with van der Waals surface area (Å²) in [6, 6.07) is 0. The van der Waals surface area contributed by atoms with E-state index >= 15 is 0 Å². The van der Waals surface area contributed by atoms with Gasteiger partial charge in [0.25, 0.3) is 0 Å². The Balaban J connectivity index is 3.98. The third-order valence-corrected chi connectivity index (χ3v) is 3.00. The minimum absolute atomic E-state index is 0.135. The lowest BCUT2D eigenvalue weighted by Gasteiger charge is -2.31. The molecule has 1 unspecified atom stereocenters. The van der Waals surface area contributed by atoms with E-state index in [1.165, 1.54) is 0 Å². The molecule has 0 rings (SSSR count). The largest absolute Gasteiger partial charge is 0.394 e. The molecule has 15 heavy (non-hydrogen) atoms. The number of nitrogens with one attached hydrogen (secondary N) is 1. The summed E-state index contributed by atoms with van der Waals surface area (Å²) in [7, 11) is 1.91. The monoisotopic (exact) mass is 216 g/mol. The Labute approximate surface area is 94.9 Å². The van der Waals surface area contributed by atoms with Crippen LogP contribution in [0.5, 0.6) is 0 Å². The molecule has 0 aliphatic carbocycles. The fourth-order valence-corrected chi connectivity index (χ4v) is 1.58. The Kier molecular flexibility index (Phi) is 7.14. The van der Waals surface area contributed by atoms with Crippen LogP contribution in [0.2, 0.25) is 0 Å². The standard InChI is InChI=1S/C12H28N2O/c1-6-14(9-11(2)3)8-7-12(4,10-15)13-5/h11,13,15H,6-10H2,1-5H3. The molecule has 0 aromatic rings. The SMILES string of the molecule is CCN(CCC(C)(CO)NC)CC(C)C.